The molecule has 0 fully saturated rings. The van der Waals surface area contributed by atoms with Crippen molar-refractivity contribution < 1.29 is 37.8 Å². The first-order valence-electron chi connectivity index (χ1n) is 31.3. The average Bonchev–Trinajstić information content (AvgIpc) is 1.51. The molecule has 6 heteroatoms. The van der Waals surface area contributed by atoms with Gasteiger partial charge in [-0.25, -0.2) is 0 Å². The van der Waals surface area contributed by atoms with Crippen LogP contribution in [0.15, 0.2) is 158 Å². The van der Waals surface area contributed by atoms with Gasteiger partial charge in [-0.05, 0) is 40.4 Å². The molecule has 11 rings (SSSR count). The number of aromatic nitrogens is 4. The van der Waals surface area contributed by atoms with Gasteiger partial charge in [0.05, 0.1) is 0 Å². The van der Waals surface area contributed by atoms with Crippen LogP contribution in [0.1, 0.15) is 151 Å². The molecule has 390 valence electrons. The number of rotatable bonds is 7. The number of pyridine rings is 1. The van der Waals surface area contributed by atoms with Crippen LogP contribution in [0, 0.1) is 16.1 Å². The number of ether oxygens (including phenoxy) is 1. The summed E-state index contributed by atoms with van der Waals surface area (Å²) in [6, 6.07) is 26.1. The Labute approximate surface area is 476 Å². The topological polar surface area (TPSA) is 36.9 Å². The zero-order chi connectivity index (χ0) is 62.9. The van der Waals surface area contributed by atoms with E-state index in [0.717, 1.165) is 55.5 Å². The van der Waals surface area contributed by atoms with E-state index in [1.165, 1.54) is 11.1 Å². The monoisotopic (exact) mass is 1190 g/mol. The van der Waals surface area contributed by atoms with Gasteiger partial charge in [0.15, 0.2) is 0 Å². The SMILES string of the molecule is [2H]c1c([2H])c([2H])c(-c2cc(C(C)(C)C)cc(-c3c([2H])c([2H])c([2H])c([2H])c3[2H])c2-n2[c](=[Pt])n(-c3cc(Oc4ccc5c6ccc7c(c6n(-c6cc(C)ccn6)c5c4)C(C)(C)C(C)(C)C7(C)C)cc(C(C)(C)C)c3)c3cc(C(C)(C)C)ccc32)c([2H])c1[2H]. The van der Waals surface area contributed by atoms with Crippen LogP contribution in [0.3, 0.4) is 0 Å². The van der Waals surface area contributed by atoms with Crippen molar-refractivity contribution >= 4 is 32.8 Å². The first-order valence-corrected chi connectivity index (χ1v) is 27.4. The summed E-state index contributed by atoms with van der Waals surface area (Å²) in [5, 5.41) is 2.22. The van der Waals surface area contributed by atoms with Crippen LogP contribution in [0.2, 0.25) is 0 Å². The quantitative estimate of drug-likeness (QED) is 0.159. The van der Waals surface area contributed by atoms with Gasteiger partial charge >= 0.3 is 384 Å². The minimum atomic E-state index is -0.649. The summed E-state index contributed by atoms with van der Waals surface area (Å²) in [6.07, 6.45) is 1.87. The Kier molecular flexibility index (Phi) is 9.50. The number of aryl methyl sites for hydroxylation is 1. The second-order valence-electron chi connectivity index (χ2n) is 25.6. The van der Waals surface area contributed by atoms with Crippen molar-refractivity contribution in [2.24, 2.45) is 5.41 Å². The standard InChI is InChI=1S/C70H74N4O.Pt/c1-44-33-34-71-61(35-44)74-59-42-51(28-29-53(59)54-30-31-57-62(64(54)74)69(13,14)70(15,16)68(57,11)12)75-52-37-48(66(5,6)7)36-50(41-52)72-43-73(58-32-27-47(40-60(58)72)65(2,3)4)63-55(45-23-19-17-20-24-45)38-49(67(8,9)10)39-56(63)46-25-21-18-22-26-46;/h17-42H,1-16H3;/i17D,18D,19D,20D,21D,22D,23D,24D,25D,26D;. The summed E-state index contributed by atoms with van der Waals surface area (Å²) in [4.78, 5) is 5.03. The molecule has 0 saturated heterocycles. The van der Waals surface area contributed by atoms with Crippen molar-refractivity contribution in [3.05, 3.63) is 195 Å². The van der Waals surface area contributed by atoms with Crippen LogP contribution in [-0.2, 0) is 46.4 Å². The van der Waals surface area contributed by atoms with E-state index in [1.807, 2.05) is 67.9 Å². The van der Waals surface area contributed by atoms with Gasteiger partial charge in [0, 0.05) is 6.20 Å². The summed E-state index contributed by atoms with van der Waals surface area (Å²) in [5.74, 6) is 2.00. The van der Waals surface area contributed by atoms with Crippen LogP contribution in [-0.4, -0.2) is 18.7 Å². The number of hydrogen-bond acceptors (Lipinski definition) is 2. The van der Waals surface area contributed by atoms with Crippen molar-refractivity contribution in [3.8, 4) is 50.9 Å². The molecule has 0 bridgehead atoms. The molecule has 1 aliphatic rings. The Balaban J connectivity index is 1.23. The average molecular weight is 1190 g/mol. The van der Waals surface area contributed by atoms with Gasteiger partial charge in [-0.3, -0.25) is 0 Å². The number of imidazole rings is 1. The van der Waals surface area contributed by atoms with Gasteiger partial charge in [0.1, 0.15) is 0 Å². The molecule has 10 aromatic rings. The van der Waals surface area contributed by atoms with Crippen molar-refractivity contribution in [2.45, 2.75) is 138 Å². The molecule has 3 heterocycles. The molecule has 3 aromatic heterocycles. The molecule has 0 radical (unpaired) electrons. The van der Waals surface area contributed by atoms with E-state index >= 15 is 0 Å². The minimum absolute atomic E-state index is 0.0887. The van der Waals surface area contributed by atoms with Gasteiger partial charge in [-0.1, -0.05) is 47.6 Å². The van der Waals surface area contributed by atoms with E-state index < -0.39 is 71.3 Å². The molecule has 5 nitrogen and oxygen atoms in total. The molecule has 0 N–H and O–H groups in total. The van der Waals surface area contributed by atoms with E-state index in [2.05, 4.69) is 173 Å². The molecular weight excluding hydrogens is 1110 g/mol. The van der Waals surface area contributed by atoms with E-state index in [4.69, 9.17) is 17.9 Å². The van der Waals surface area contributed by atoms with Crippen LogP contribution in [0.25, 0.3) is 72.3 Å². The third kappa shape index (κ3) is 8.21. The second-order valence-corrected chi connectivity index (χ2v) is 26.6. The van der Waals surface area contributed by atoms with Crippen molar-refractivity contribution in [2.75, 3.05) is 0 Å². The molecule has 0 spiro atoms. The number of nitrogens with zero attached hydrogens (tertiary/aromatic N) is 4. The van der Waals surface area contributed by atoms with Gasteiger partial charge < -0.3 is 0 Å². The first-order chi connectivity index (χ1) is 39.8. The molecule has 76 heavy (non-hydrogen) atoms. The maximum atomic E-state index is 9.51. The van der Waals surface area contributed by atoms with Crippen LogP contribution in [0.5, 0.6) is 11.5 Å². The molecule has 0 saturated carbocycles. The fourth-order valence-electron chi connectivity index (χ4n) is 11.5. The Hall–Kier alpha value is -6.55. The van der Waals surface area contributed by atoms with Crippen molar-refractivity contribution in [3.63, 3.8) is 0 Å². The fraction of sp³-hybridized carbons (Fsp3) is 0.314. The maximum absolute atomic E-state index is 9.51. The van der Waals surface area contributed by atoms with E-state index in [1.54, 1.807) is 0 Å². The third-order valence-corrected chi connectivity index (χ3v) is 18.1. The number of fused-ring (bicyclic) bond motifs is 6. The second kappa shape index (κ2) is 17.8. The predicted molar refractivity (Wildman–Crippen MR) is 316 cm³/mol. The Morgan fingerprint density at radius 1 is 0.526 bits per heavy atom. The molecular formula is C70H74N4OPt. The van der Waals surface area contributed by atoms with Gasteiger partial charge in [-0.2, -0.15) is 0 Å². The molecule has 0 unspecified atom stereocenters. The van der Waals surface area contributed by atoms with Crippen molar-refractivity contribution in [1.82, 2.24) is 18.7 Å². The predicted octanol–water partition coefficient (Wildman–Crippen LogP) is 18.9. The zero-order valence-corrected chi connectivity index (χ0v) is 49.0. The number of benzene rings is 7. The van der Waals surface area contributed by atoms with Gasteiger partial charge in [0.2, 0.25) is 0 Å². The normalized spacial score (nSPS) is 17.1. The first kappa shape index (κ1) is 40.7. The fourth-order valence-corrected chi connectivity index (χ4v) is 12.6. The van der Waals surface area contributed by atoms with Crippen molar-refractivity contribution in [1.29, 1.82) is 0 Å². The Morgan fingerprint density at radius 3 is 1.71 bits per heavy atom. The van der Waals surface area contributed by atoms with Crippen LogP contribution in [0.4, 0.5) is 0 Å². The van der Waals surface area contributed by atoms with Crippen LogP contribution < -0.4 is 4.74 Å². The molecule has 0 atom stereocenters. The molecule has 7 aromatic carbocycles. The summed E-state index contributed by atoms with van der Waals surface area (Å²) in [6.45, 7) is 35.2. The Bertz CT molecular complexity index is 4490. The summed E-state index contributed by atoms with van der Waals surface area (Å²) in [5.41, 5.74) is 9.31. The van der Waals surface area contributed by atoms with Gasteiger partial charge in [-0.15, -0.1) is 0 Å². The third-order valence-electron chi connectivity index (χ3n) is 17.1. The Morgan fingerprint density at radius 2 is 1.12 bits per heavy atom. The molecule has 1 aliphatic carbocycles. The summed E-state index contributed by atoms with van der Waals surface area (Å²) in [7, 11) is 0. The van der Waals surface area contributed by atoms with Crippen LogP contribution >= 0.6 is 0 Å². The van der Waals surface area contributed by atoms with E-state index in [0.29, 0.717) is 26.4 Å². The number of hydrogen-bond donors (Lipinski definition) is 0. The molecule has 0 amide bonds. The zero-order valence-electron chi connectivity index (χ0n) is 56.8. The summed E-state index contributed by atoms with van der Waals surface area (Å²) >= 11 is 2.27. The molecule has 0 aliphatic heterocycles. The van der Waals surface area contributed by atoms with E-state index in [9.17, 15) is 5.48 Å². The van der Waals surface area contributed by atoms with Gasteiger partial charge in [0.25, 0.3) is 0 Å². The summed E-state index contributed by atoms with van der Waals surface area (Å²) < 4.78 is 105. The van der Waals surface area contributed by atoms with E-state index in [-0.39, 0.29) is 49.6 Å².